The predicted octanol–water partition coefficient (Wildman–Crippen LogP) is 2.53. The van der Waals surface area contributed by atoms with Gasteiger partial charge in [-0.05, 0) is 46.5 Å². The molecule has 2 fully saturated rings. The topological polar surface area (TPSA) is 73.7 Å². The number of aromatic nitrogens is 2. The predicted molar refractivity (Wildman–Crippen MR) is 91.2 cm³/mol. The molecule has 1 aromatic rings. The van der Waals surface area contributed by atoms with Crippen molar-refractivity contribution in [2.24, 2.45) is 18.9 Å². The fourth-order valence-electron chi connectivity index (χ4n) is 3.74. The van der Waals surface area contributed by atoms with Gasteiger partial charge in [-0.3, -0.25) is 4.68 Å². The minimum Gasteiger partial charge on any atom is -0.458 e. The van der Waals surface area contributed by atoms with Gasteiger partial charge in [-0.2, -0.15) is 5.10 Å². The molecule has 1 aromatic heterocycles. The van der Waals surface area contributed by atoms with Gasteiger partial charge < -0.3 is 14.4 Å². The van der Waals surface area contributed by atoms with Crippen molar-refractivity contribution in [3.05, 3.63) is 17.5 Å². The minimum atomic E-state index is -0.502. The first-order valence-corrected chi connectivity index (χ1v) is 8.83. The lowest BCUT2D eigenvalue weighted by atomic mass is 9.99. The van der Waals surface area contributed by atoms with E-state index in [0.717, 1.165) is 18.5 Å². The van der Waals surface area contributed by atoms with E-state index < -0.39 is 5.60 Å². The van der Waals surface area contributed by atoms with Gasteiger partial charge in [0.15, 0.2) is 0 Å². The van der Waals surface area contributed by atoms with Gasteiger partial charge in [-0.1, -0.05) is 0 Å². The maximum Gasteiger partial charge on any atom is 0.410 e. The van der Waals surface area contributed by atoms with Crippen LogP contribution in [-0.2, 0) is 16.5 Å². The Hall–Kier alpha value is -2.05. The molecule has 0 unspecified atom stereocenters. The number of esters is 1. The average molecular weight is 349 g/mol. The minimum absolute atomic E-state index is 0.149. The second-order valence-electron chi connectivity index (χ2n) is 8.10. The van der Waals surface area contributed by atoms with Crippen molar-refractivity contribution in [2.75, 3.05) is 13.1 Å². The van der Waals surface area contributed by atoms with Crippen LogP contribution in [0.5, 0.6) is 0 Å². The lowest BCUT2D eigenvalue weighted by molar-refractivity contribution is 0.0153. The number of carbonyl (C=O) groups excluding carboxylic acids is 2. The van der Waals surface area contributed by atoms with Gasteiger partial charge in [0.2, 0.25) is 0 Å². The van der Waals surface area contributed by atoms with Crippen molar-refractivity contribution < 1.29 is 19.1 Å². The van der Waals surface area contributed by atoms with E-state index in [4.69, 9.17) is 9.47 Å². The first-order valence-electron chi connectivity index (χ1n) is 8.83. The van der Waals surface area contributed by atoms with Crippen molar-refractivity contribution >= 4 is 12.1 Å². The van der Waals surface area contributed by atoms with E-state index in [1.165, 1.54) is 0 Å². The third-order valence-electron chi connectivity index (χ3n) is 5.16. The summed E-state index contributed by atoms with van der Waals surface area (Å²) in [7, 11) is 1.80. The smallest absolute Gasteiger partial charge is 0.410 e. The highest BCUT2D eigenvalue weighted by Gasteiger charge is 2.46. The summed E-state index contributed by atoms with van der Waals surface area (Å²) >= 11 is 0. The Kier molecular flexibility index (Phi) is 4.51. The van der Waals surface area contributed by atoms with Crippen molar-refractivity contribution in [3.8, 4) is 0 Å². The Morgan fingerprint density at radius 3 is 2.56 bits per heavy atom. The van der Waals surface area contributed by atoms with Crippen molar-refractivity contribution in [1.82, 2.24) is 14.7 Å². The third-order valence-corrected chi connectivity index (χ3v) is 5.16. The van der Waals surface area contributed by atoms with Gasteiger partial charge in [-0.15, -0.1) is 0 Å². The Morgan fingerprint density at radius 2 is 1.96 bits per heavy atom. The van der Waals surface area contributed by atoms with Crippen LogP contribution in [0.15, 0.2) is 6.20 Å². The number of amides is 1. The molecule has 1 saturated heterocycles. The number of rotatable bonds is 2. The molecule has 0 radical (unpaired) electrons. The zero-order valence-corrected chi connectivity index (χ0v) is 15.6. The van der Waals surface area contributed by atoms with Gasteiger partial charge in [0.1, 0.15) is 17.3 Å². The fraction of sp³-hybridized carbons (Fsp3) is 0.722. The largest absolute Gasteiger partial charge is 0.458 e. The molecular formula is C18H27N3O4. The van der Waals surface area contributed by atoms with Gasteiger partial charge in [0, 0.05) is 31.7 Å². The first kappa shape index (κ1) is 17.8. The number of carbonyl (C=O) groups is 2. The summed E-state index contributed by atoms with van der Waals surface area (Å²) in [5.74, 6) is 0.237. The molecule has 2 heterocycles. The molecule has 1 saturated carbocycles. The fourth-order valence-corrected chi connectivity index (χ4v) is 3.74. The van der Waals surface area contributed by atoms with Crippen LogP contribution in [-0.4, -0.2) is 51.5 Å². The summed E-state index contributed by atoms with van der Waals surface area (Å²) in [5, 5.41) is 4.09. The summed E-state index contributed by atoms with van der Waals surface area (Å²) in [5.41, 5.74) is 0.799. The van der Waals surface area contributed by atoms with Crippen molar-refractivity contribution in [1.29, 1.82) is 0 Å². The second-order valence-corrected chi connectivity index (χ2v) is 8.10. The number of ether oxygens (including phenoxy) is 2. The maximum atomic E-state index is 12.4. The Labute approximate surface area is 148 Å². The third kappa shape index (κ3) is 3.65. The number of hydrogen-bond donors (Lipinski definition) is 0. The van der Waals surface area contributed by atoms with Gasteiger partial charge in [-0.25, -0.2) is 9.59 Å². The van der Waals surface area contributed by atoms with Crippen LogP contribution >= 0.6 is 0 Å². The van der Waals surface area contributed by atoms with E-state index >= 15 is 0 Å². The van der Waals surface area contributed by atoms with E-state index in [1.54, 1.807) is 22.8 Å². The first-order chi connectivity index (χ1) is 11.7. The van der Waals surface area contributed by atoms with Crippen LogP contribution in [0.1, 0.15) is 49.7 Å². The normalized spacial score (nSPS) is 25.8. The molecule has 138 valence electrons. The van der Waals surface area contributed by atoms with Crippen LogP contribution in [0.4, 0.5) is 4.79 Å². The summed E-state index contributed by atoms with van der Waals surface area (Å²) < 4.78 is 12.9. The highest BCUT2D eigenvalue weighted by Crippen LogP contribution is 2.40. The molecule has 7 heteroatoms. The van der Waals surface area contributed by atoms with E-state index in [2.05, 4.69) is 5.10 Å². The zero-order valence-electron chi connectivity index (χ0n) is 15.6. The molecule has 25 heavy (non-hydrogen) atoms. The lowest BCUT2D eigenvalue weighted by Crippen LogP contribution is -2.37. The van der Waals surface area contributed by atoms with E-state index in [0.29, 0.717) is 24.6 Å². The van der Waals surface area contributed by atoms with Crippen molar-refractivity contribution in [3.63, 3.8) is 0 Å². The molecule has 0 spiro atoms. The summed E-state index contributed by atoms with van der Waals surface area (Å²) in [6.07, 6.45) is 2.93. The molecule has 1 aliphatic carbocycles. The van der Waals surface area contributed by atoms with E-state index in [1.807, 2.05) is 27.7 Å². The van der Waals surface area contributed by atoms with Crippen LogP contribution < -0.4 is 0 Å². The molecule has 3 atom stereocenters. The van der Waals surface area contributed by atoms with Gasteiger partial charge in [0.25, 0.3) is 0 Å². The molecule has 3 rings (SSSR count). The highest BCUT2D eigenvalue weighted by atomic mass is 16.6. The molecular weight excluding hydrogens is 322 g/mol. The standard InChI is InChI=1S/C18H27N3O4/c1-11-13(8-19-20(11)5)16(22)24-15-7-6-12-9-21(10-14(12)15)17(23)25-18(2,3)4/h8,12,14-15H,6-7,9-10H2,1-5H3/t12-,14+,15+/m0/s1. The molecule has 0 bridgehead atoms. The van der Waals surface area contributed by atoms with Crippen LogP contribution in [0, 0.1) is 18.8 Å². The molecule has 7 nitrogen and oxygen atoms in total. The van der Waals surface area contributed by atoms with Gasteiger partial charge >= 0.3 is 12.1 Å². The molecule has 1 aliphatic heterocycles. The molecule has 2 aliphatic rings. The summed E-state index contributed by atoms with van der Waals surface area (Å²) in [6, 6.07) is 0. The monoisotopic (exact) mass is 349 g/mol. The quantitative estimate of drug-likeness (QED) is 0.767. The number of aryl methyl sites for hydroxylation is 1. The van der Waals surface area contributed by atoms with Gasteiger partial charge in [0.05, 0.1) is 6.20 Å². The highest BCUT2D eigenvalue weighted by molar-refractivity contribution is 5.90. The van der Waals surface area contributed by atoms with E-state index in [9.17, 15) is 9.59 Å². The van der Waals surface area contributed by atoms with Crippen LogP contribution in [0.25, 0.3) is 0 Å². The lowest BCUT2D eigenvalue weighted by Gasteiger charge is -2.25. The number of likely N-dealkylation sites (tertiary alicyclic amines) is 1. The Balaban J connectivity index is 1.61. The molecule has 0 N–H and O–H groups in total. The van der Waals surface area contributed by atoms with E-state index in [-0.39, 0.29) is 24.1 Å². The Morgan fingerprint density at radius 1 is 1.24 bits per heavy atom. The van der Waals surface area contributed by atoms with Crippen LogP contribution in [0.2, 0.25) is 0 Å². The molecule has 1 amide bonds. The summed E-state index contributed by atoms with van der Waals surface area (Å²) in [4.78, 5) is 26.5. The van der Waals surface area contributed by atoms with Crippen molar-refractivity contribution in [2.45, 2.75) is 52.2 Å². The average Bonchev–Trinajstić information content (AvgIpc) is 3.15. The number of hydrogen-bond acceptors (Lipinski definition) is 5. The number of fused-ring (bicyclic) bond motifs is 1. The molecule has 0 aromatic carbocycles. The summed E-state index contributed by atoms with van der Waals surface area (Å²) in [6.45, 7) is 8.71. The SMILES string of the molecule is Cc1c(C(=O)O[C@@H]2CC[C@H]3CN(C(=O)OC(C)(C)C)C[C@H]32)cnn1C. The maximum absolute atomic E-state index is 12.4. The Bertz CT molecular complexity index is 676. The second kappa shape index (κ2) is 6.35. The number of nitrogens with zero attached hydrogens (tertiary/aromatic N) is 3. The zero-order chi connectivity index (χ0) is 18.4. The van der Waals surface area contributed by atoms with Crippen LogP contribution in [0.3, 0.4) is 0 Å².